The van der Waals surface area contributed by atoms with E-state index in [0.29, 0.717) is 48.8 Å². The topological polar surface area (TPSA) is 62.3 Å². The van der Waals surface area contributed by atoms with Crippen molar-refractivity contribution in [1.82, 2.24) is 9.80 Å². The number of hydrogen-bond acceptors (Lipinski definition) is 6. The van der Waals surface area contributed by atoms with Crippen LogP contribution in [0.25, 0.3) is 0 Å². The Morgan fingerprint density at radius 2 is 1.74 bits per heavy atom. The Kier molecular flexibility index (Phi) is 8.97. The zero-order valence-electron chi connectivity index (χ0n) is 21.9. The lowest BCUT2D eigenvalue weighted by Crippen LogP contribution is -2.46. The van der Waals surface area contributed by atoms with E-state index in [0.717, 1.165) is 41.5 Å². The zero-order valence-corrected chi connectivity index (χ0v) is 23.1. The summed E-state index contributed by atoms with van der Waals surface area (Å²) in [6.07, 6.45) is 0.738. The molecule has 38 heavy (non-hydrogen) atoms. The van der Waals surface area contributed by atoms with Crippen LogP contribution in [0.4, 0.5) is 10.1 Å². The smallest absolute Gasteiger partial charge is 0.256 e. The summed E-state index contributed by atoms with van der Waals surface area (Å²) in [6.45, 7) is 3.87. The number of piperazine rings is 1. The summed E-state index contributed by atoms with van der Waals surface area (Å²) in [7, 11) is 7.41. The third-order valence-corrected chi connectivity index (χ3v) is 7.06. The third-order valence-electron chi connectivity index (χ3n) is 6.73. The second-order valence-corrected chi connectivity index (χ2v) is 10.0. The predicted octanol–water partition coefficient (Wildman–Crippen LogP) is 3.75. The summed E-state index contributed by atoms with van der Waals surface area (Å²) in [4.78, 5) is 31.6. The molecule has 0 aromatic heterocycles. The number of aldehydes is 1. The molecule has 9 heteroatoms. The lowest BCUT2D eigenvalue weighted by molar-refractivity contribution is 0.0782. The van der Waals surface area contributed by atoms with E-state index in [-0.39, 0.29) is 11.7 Å². The average Bonchev–Trinajstić information content (AvgIpc) is 2.92. The van der Waals surface area contributed by atoms with Crippen LogP contribution in [-0.4, -0.2) is 69.4 Å². The van der Waals surface area contributed by atoms with Crippen molar-refractivity contribution in [3.05, 3.63) is 82.7 Å². The van der Waals surface area contributed by atoms with Crippen LogP contribution in [0.3, 0.4) is 0 Å². The molecular weight excluding hydrogens is 504 g/mol. The van der Waals surface area contributed by atoms with Gasteiger partial charge in [0, 0.05) is 51.9 Å². The third kappa shape index (κ3) is 6.32. The van der Waals surface area contributed by atoms with Crippen molar-refractivity contribution in [2.75, 3.05) is 52.3 Å². The van der Waals surface area contributed by atoms with Gasteiger partial charge < -0.3 is 19.3 Å². The molecule has 3 aromatic rings. The number of methoxy groups -OCH3 is 2. The van der Waals surface area contributed by atoms with E-state index in [2.05, 4.69) is 19.0 Å². The molecule has 1 amide bonds. The molecule has 1 aliphatic heterocycles. The first-order valence-corrected chi connectivity index (χ1v) is 13.0. The summed E-state index contributed by atoms with van der Waals surface area (Å²) in [5, 5.41) is 0.824. The Morgan fingerprint density at radius 1 is 1.00 bits per heavy atom. The van der Waals surface area contributed by atoms with Gasteiger partial charge in [0.15, 0.2) is 17.8 Å². The monoisotopic (exact) mass is 537 g/mol. The quantitative estimate of drug-likeness (QED) is 0.306. The predicted molar refractivity (Wildman–Crippen MR) is 150 cm³/mol. The van der Waals surface area contributed by atoms with E-state index >= 15 is 0 Å². The highest BCUT2D eigenvalue weighted by atomic mass is 31.0. The van der Waals surface area contributed by atoms with Crippen molar-refractivity contribution in [2.45, 2.75) is 13.1 Å². The number of anilines is 1. The highest BCUT2D eigenvalue weighted by molar-refractivity contribution is 7.27. The normalized spacial score (nSPS) is 13.8. The van der Waals surface area contributed by atoms with Crippen LogP contribution >= 0.6 is 9.24 Å². The van der Waals surface area contributed by atoms with Crippen LogP contribution < -0.4 is 19.7 Å². The summed E-state index contributed by atoms with van der Waals surface area (Å²) in [6, 6.07) is 15.9. The minimum atomic E-state index is -0.239. The molecule has 1 unspecified atom stereocenters. The van der Waals surface area contributed by atoms with Crippen LogP contribution in [0, 0.1) is 5.82 Å². The number of halogens is 1. The highest BCUT2D eigenvalue weighted by Gasteiger charge is 2.26. The Morgan fingerprint density at radius 3 is 2.39 bits per heavy atom. The SMILES string of the molecule is COc1ccc(CN(C)C(=O)c2c(C=O)cccc2N2CCN(Cc3cc(F)cc(P)c3)CC2)cc1OC. The van der Waals surface area contributed by atoms with Crippen molar-refractivity contribution >= 4 is 32.4 Å². The number of benzene rings is 3. The molecule has 1 fully saturated rings. The first-order valence-electron chi connectivity index (χ1n) is 12.4. The van der Waals surface area contributed by atoms with Crippen molar-refractivity contribution in [3.63, 3.8) is 0 Å². The van der Waals surface area contributed by atoms with Crippen molar-refractivity contribution in [2.24, 2.45) is 0 Å². The van der Waals surface area contributed by atoms with Crippen molar-refractivity contribution in [1.29, 1.82) is 0 Å². The maximum absolute atomic E-state index is 13.8. The summed E-state index contributed by atoms with van der Waals surface area (Å²) in [5.74, 6) is 0.735. The molecule has 3 aromatic carbocycles. The van der Waals surface area contributed by atoms with Crippen molar-refractivity contribution < 1.29 is 23.5 Å². The lowest BCUT2D eigenvalue weighted by atomic mass is 10.0. The number of carbonyl (C=O) groups is 2. The molecule has 1 aliphatic rings. The zero-order chi connectivity index (χ0) is 27.2. The van der Waals surface area contributed by atoms with Gasteiger partial charge in [-0.05, 0) is 46.8 Å². The van der Waals surface area contributed by atoms with E-state index in [1.807, 2.05) is 30.3 Å². The molecule has 0 bridgehead atoms. The van der Waals surface area contributed by atoms with Gasteiger partial charge in [0.2, 0.25) is 0 Å². The fourth-order valence-corrected chi connectivity index (χ4v) is 5.21. The maximum Gasteiger partial charge on any atom is 0.256 e. The second kappa shape index (κ2) is 12.4. The van der Waals surface area contributed by atoms with Crippen LogP contribution in [0.2, 0.25) is 0 Å². The van der Waals surface area contributed by atoms with Gasteiger partial charge in [-0.3, -0.25) is 14.5 Å². The van der Waals surface area contributed by atoms with Crippen molar-refractivity contribution in [3.8, 4) is 11.5 Å². The molecule has 7 nitrogen and oxygen atoms in total. The minimum absolute atomic E-state index is 0.229. The highest BCUT2D eigenvalue weighted by Crippen LogP contribution is 2.30. The number of nitrogens with zero attached hydrogens (tertiary/aromatic N) is 3. The molecule has 0 spiro atoms. The average molecular weight is 538 g/mol. The fourth-order valence-electron chi connectivity index (χ4n) is 4.84. The van der Waals surface area contributed by atoms with E-state index in [4.69, 9.17) is 9.47 Å². The molecule has 0 aliphatic carbocycles. The first-order chi connectivity index (χ1) is 18.3. The Labute approximate surface area is 225 Å². The lowest BCUT2D eigenvalue weighted by Gasteiger charge is -2.37. The Bertz CT molecular complexity index is 1290. The Balaban J connectivity index is 1.50. The van der Waals surface area contributed by atoms with E-state index in [1.165, 1.54) is 6.07 Å². The van der Waals surface area contributed by atoms with Crippen LogP contribution in [0.1, 0.15) is 31.8 Å². The van der Waals surface area contributed by atoms with E-state index in [9.17, 15) is 14.0 Å². The number of ether oxygens (including phenoxy) is 2. The largest absolute Gasteiger partial charge is 0.493 e. The summed E-state index contributed by atoms with van der Waals surface area (Å²) in [5.41, 5.74) is 3.32. The van der Waals surface area contributed by atoms with Gasteiger partial charge in [-0.15, -0.1) is 9.24 Å². The van der Waals surface area contributed by atoms with Gasteiger partial charge >= 0.3 is 0 Å². The van der Waals surface area contributed by atoms with Gasteiger partial charge in [0.05, 0.1) is 25.5 Å². The number of carbonyl (C=O) groups excluding carboxylic acids is 2. The molecule has 1 heterocycles. The van der Waals surface area contributed by atoms with Gasteiger partial charge in [0.25, 0.3) is 5.91 Å². The fraction of sp³-hybridized carbons (Fsp3) is 0.310. The molecule has 0 radical (unpaired) electrons. The van der Waals surface area contributed by atoms with Gasteiger partial charge in [-0.25, -0.2) is 4.39 Å². The first kappa shape index (κ1) is 27.6. The molecular formula is C29H33FN3O4P. The standard InChI is InChI=1S/C29H33FN3O4P/c1-31(17-20-7-8-26(36-2)27(15-20)37-3)29(35)28-22(19-34)5-4-6-25(28)33-11-9-32(10-12-33)18-21-13-23(30)16-24(38)14-21/h4-8,13-16,19H,9-12,17-18,38H2,1-3H3. The van der Waals surface area contributed by atoms with E-state index in [1.54, 1.807) is 44.4 Å². The molecule has 1 saturated heterocycles. The maximum atomic E-state index is 13.8. The van der Waals surface area contributed by atoms with E-state index < -0.39 is 0 Å². The number of amides is 1. The van der Waals surface area contributed by atoms with Crippen LogP contribution in [0.5, 0.6) is 11.5 Å². The molecule has 4 rings (SSSR count). The summed E-state index contributed by atoms with van der Waals surface area (Å²) < 4.78 is 24.5. The molecule has 0 saturated carbocycles. The molecule has 0 N–H and O–H groups in total. The molecule has 1 atom stereocenters. The number of rotatable bonds is 9. The second-order valence-electron chi connectivity index (χ2n) is 9.37. The summed E-state index contributed by atoms with van der Waals surface area (Å²) >= 11 is 0. The van der Waals surface area contributed by atoms with Gasteiger partial charge in [0.1, 0.15) is 5.82 Å². The minimum Gasteiger partial charge on any atom is -0.493 e. The van der Waals surface area contributed by atoms with Gasteiger partial charge in [-0.1, -0.05) is 24.3 Å². The van der Waals surface area contributed by atoms with Gasteiger partial charge in [-0.2, -0.15) is 0 Å². The number of hydrogen-bond donors (Lipinski definition) is 0. The van der Waals surface area contributed by atoms with Crippen LogP contribution in [-0.2, 0) is 13.1 Å². The molecule has 200 valence electrons. The Hall–Kier alpha value is -3.48. The van der Waals surface area contributed by atoms with Crippen LogP contribution in [0.15, 0.2) is 54.6 Å².